The predicted molar refractivity (Wildman–Crippen MR) is 147 cm³/mol. The van der Waals surface area contributed by atoms with Gasteiger partial charge in [0.2, 0.25) is 0 Å². The summed E-state index contributed by atoms with van der Waals surface area (Å²) >= 11 is 0. The van der Waals surface area contributed by atoms with E-state index in [1.807, 2.05) is 19.0 Å². The zero-order chi connectivity index (χ0) is 32.4. The maximum Gasteiger partial charge on any atom is 0.425 e. The van der Waals surface area contributed by atoms with E-state index in [0.29, 0.717) is 34.5 Å². The van der Waals surface area contributed by atoms with Crippen molar-refractivity contribution in [3.8, 4) is 40.2 Å². The standard InChI is InChI=1S/C11H17NO3.2C7H8O2.2O3S/c1-7-5-9(13)8(6-12(2)3)11(15-4)10(7)14;2*1-5-4-6(8)2-3-7(5)9;2*1-4(2)3/h5,13-14H,6H2,1-4H3;2*2-4,8-9H,1H3;;. The summed E-state index contributed by atoms with van der Waals surface area (Å²) in [7, 11) is -0.974. The van der Waals surface area contributed by atoms with Gasteiger partial charge in [0, 0.05) is 6.54 Å². The van der Waals surface area contributed by atoms with Crippen molar-refractivity contribution in [3.05, 3.63) is 64.7 Å². The van der Waals surface area contributed by atoms with Crippen LogP contribution in [0.5, 0.6) is 40.2 Å². The van der Waals surface area contributed by atoms with E-state index in [-0.39, 0.29) is 34.5 Å². The van der Waals surface area contributed by atoms with E-state index in [1.54, 1.807) is 20.8 Å². The number of hydrogen-bond acceptors (Lipinski definition) is 14. The van der Waals surface area contributed by atoms with E-state index in [1.165, 1.54) is 49.6 Å². The van der Waals surface area contributed by atoms with Gasteiger partial charge < -0.3 is 40.3 Å². The number of nitrogens with zero attached hydrogens (tertiary/aromatic N) is 1. The Kier molecular flexibility index (Phi) is 18.4. The van der Waals surface area contributed by atoms with Crippen LogP contribution in [0, 0.1) is 20.8 Å². The number of ether oxygens (including phenoxy) is 1. The molecule has 0 bridgehead atoms. The molecule has 0 atom stereocenters. The monoisotopic (exact) mass is 619 g/mol. The fraction of sp³-hybridized carbons (Fsp3) is 0.280. The highest BCUT2D eigenvalue weighted by Gasteiger charge is 2.16. The number of phenolic OH excluding ortho intramolecular Hbond substituents is 6. The number of phenols is 6. The SMILES string of the molecule is COc1c(O)c(C)cc(O)c1CN(C)C.Cc1cc(O)ccc1O.Cc1cc(O)ccc1O.O=S(=O)=O.O=S(=O)=O. The molecule has 6 N–H and O–H groups in total. The first kappa shape index (κ1) is 38.6. The summed E-state index contributed by atoms with van der Waals surface area (Å²) in [6.45, 7) is 5.70. The molecule has 16 heteroatoms. The molecule has 0 saturated heterocycles. The first-order valence-electron chi connectivity index (χ1n) is 11.1. The maximum absolute atomic E-state index is 9.76. The van der Waals surface area contributed by atoms with Crippen molar-refractivity contribution in [2.24, 2.45) is 0 Å². The number of methoxy groups -OCH3 is 1. The average molecular weight is 620 g/mol. The lowest BCUT2D eigenvalue weighted by molar-refractivity contribution is 0.337. The number of benzene rings is 3. The van der Waals surface area contributed by atoms with Crippen molar-refractivity contribution >= 4 is 21.2 Å². The first-order valence-corrected chi connectivity index (χ1v) is 13.1. The van der Waals surface area contributed by atoms with Crippen LogP contribution in [0.4, 0.5) is 0 Å². The van der Waals surface area contributed by atoms with Crippen LogP contribution in [0.25, 0.3) is 0 Å². The lowest BCUT2D eigenvalue weighted by Crippen LogP contribution is -2.12. The summed E-state index contributed by atoms with van der Waals surface area (Å²) in [5.41, 5.74) is 2.59. The molecule has 3 aromatic rings. The van der Waals surface area contributed by atoms with Crippen LogP contribution in [-0.2, 0) is 27.8 Å². The number of aromatic hydroxyl groups is 6. The lowest BCUT2D eigenvalue weighted by atomic mass is 10.1. The topological polar surface area (TPSA) is 236 Å². The molecule has 14 nitrogen and oxygen atoms in total. The lowest BCUT2D eigenvalue weighted by Gasteiger charge is -2.17. The van der Waals surface area contributed by atoms with Crippen LogP contribution >= 0.6 is 0 Å². The van der Waals surface area contributed by atoms with Crippen molar-refractivity contribution in [2.75, 3.05) is 21.2 Å². The molecule has 0 spiro atoms. The minimum Gasteiger partial charge on any atom is -0.508 e. The molecule has 0 unspecified atom stereocenters. The van der Waals surface area contributed by atoms with Gasteiger partial charge in [-0.3, -0.25) is 0 Å². The Hall–Kier alpha value is -4.54. The van der Waals surface area contributed by atoms with Gasteiger partial charge in [0.25, 0.3) is 0 Å². The van der Waals surface area contributed by atoms with E-state index in [2.05, 4.69) is 0 Å². The Morgan fingerprint density at radius 1 is 0.634 bits per heavy atom. The maximum atomic E-state index is 9.76. The Labute approximate surface area is 240 Å². The normalized spacial score (nSPS) is 9.24. The Morgan fingerprint density at radius 2 is 1.00 bits per heavy atom. The molecule has 0 aliphatic rings. The minimum atomic E-state index is -3.11. The average Bonchev–Trinajstić information content (AvgIpc) is 2.83. The van der Waals surface area contributed by atoms with Gasteiger partial charge in [-0.25, -0.2) is 0 Å². The Bertz CT molecular complexity index is 1400. The van der Waals surface area contributed by atoms with Crippen molar-refractivity contribution in [1.29, 1.82) is 0 Å². The predicted octanol–water partition coefficient (Wildman–Crippen LogP) is 2.28. The second-order valence-electron chi connectivity index (χ2n) is 8.16. The quantitative estimate of drug-likeness (QED) is 0.231. The summed E-state index contributed by atoms with van der Waals surface area (Å²) in [5, 5.41) is 55.0. The molecular weight excluding hydrogens is 586 g/mol. The van der Waals surface area contributed by atoms with E-state index in [0.717, 1.165) is 0 Å². The van der Waals surface area contributed by atoms with Crippen LogP contribution in [0.3, 0.4) is 0 Å². The molecule has 3 aromatic carbocycles. The summed E-state index contributed by atoms with van der Waals surface area (Å²) in [6.07, 6.45) is 0. The number of rotatable bonds is 3. The molecule has 0 aromatic heterocycles. The fourth-order valence-electron chi connectivity index (χ4n) is 2.77. The molecular formula is C25H33NO13S2. The summed E-state index contributed by atoms with van der Waals surface area (Å²) < 4.78 is 55.8. The molecule has 41 heavy (non-hydrogen) atoms. The van der Waals surface area contributed by atoms with Gasteiger partial charge in [0.15, 0.2) is 11.5 Å². The first-order chi connectivity index (χ1) is 18.8. The molecule has 0 radical (unpaired) electrons. The zero-order valence-electron chi connectivity index (χ0n) is 23.1. The molecule has 0 heterocycles. The minimum absolute atomic E-state index is 0.0900. The highest BCUT2D eigenvalue weighted by molar-refractivity contribution is 7.59. The van der Waals surface area contributed by atoms with Crippen LogP contribution in [-0.4, -0.2) is 82.0 Å². The third-order valence-corrected chi connectivity index (χ3v) is 4.56. The summed E-state index contributed by atoms with van der Waals surface area (Å²) in [5.74, 6) is 1.39. The smallest absolute Gasteiger partial charge is 0.425 e. The van der Waals surface area contributed by atoms with Crippen LogP contribution in [0.1, 0.15) is 22.3 Å². The number of hydrogen-bond donors (Lipinski definition) is 6. The largest absolute Gasteiger partial charge is 0.508 e. The highest BCUT2D eigenvalue weighted by atomic mass is 32.2. The Balaban J connectivity index is 0. The zero-order valence-corrected chi connectivity index (χ0v) is 24.7. The van der Waals surface area contributed by atoms with Gasteiger partial charge in [-0.05, 0) is 94.0 Å². The van der Waals surface area contributed by atoms with E-state index in [9.17, 15) is 10.2 Å². The van der Waals surface area contributed by atoms with E-state index >= 15 is 0 Å². The summed E-state index contributed by atoms with van der Waals surface area (Å²) in [4.78, 5) is 1.90. The Morgan fingerprint density at radius 3 is 1.27 bits per heavy atom. The van der Waals surface area contributed by atoms with Crippen LogP contribution in [0.2, 0.25) is 0 Å². The molecule has 3 rings (SSSR count). The van der Waals surface area contributed by atoms with Gasteiger partial charge in [0.05, 0.1) is 12.7 Å². The van der Waals surface area contributed by atoms with Crippen molar-refractivity contribution in [2.45, 2.75) is 27.3 Å². The van der Waals surface area contributed by atoms with Gasteiger partial charge >= 0.3 is 21.2 Å². The van der Waals surface area contributed by atoms with Gasteiger partial charge in [-0.1, -0.05) is 0 Å². The molecule has 0 aliphatic heterocycles. The highest BCUT2D eigenvalue weighted by Crippen LogP contribution is 2.39. The van der Waals surface area contributed by atoms with Gasteiger partial charge in [0.1, 0.15) is 28.7 Å². The molecule has 0 saturated carbocycles. The second kappa shape index (κ2) is 19.5. The molecule has 0 amide bonds. The number of aryl methyl sites for hydroxylation is 3. The summed E-state index contributed by atoms with van der Waals surface area (Å²) in [6, 6.07) is 10.4. The van der Waals surface area contributed by atoms with E-state index < -0.39 is 21.2 Å². The third kappa shape index (κ3) is 17.6. The second-order valence-corrected chi connectivity index (χ2v) is 8.98. The third-order valence-electron chi connectivity index (χ3n) is 4.56. The van der Waals surface area contributed by atoms with Crippen molar-refractivity contribution < 1.29 is 60.6 Å². The van der Waals surface area contributed by atoms with Crippen molar-refractivity contribution in [1.82, 2.24) is 4.90 Å². The van der Waals surface area contributed by atoms with Crippen LogP contribution in [0.15, 0.2) is 42.5 Å². The van der Waals surface area contributed by atoms with Crippen LogP contribution < -0.4 is 4.74 Å². The van der Waals surface area contributed by atoms with E-state index in [4.69, 9.17) is 50.4 Å². The molecule has 0 fully saturated rings. The molecule has 0 aliphatic carbocycles. The van der Waals surface area contributed by atoms with Crippen molar-refractivity contribution in [3.63, 3.8) is 0 Å². The van der Waals surface area contributed by atoms with Gasteiger partial charge in [-0.2, -0.15) is 0 Å². The van der Waals surface area contributed by atoms with Gasteiger partial charge in [-0.15, -0.1) is 25.3 Å². The fourth-order valence-corrected chi connectivity index (χ4v) is 2.77. The molecule has 228 valence electrons.